The SMILES string of the molecule is CC1CN(C)C(=O)c2ccccc2C1=O. The van der Waals surface area contributed by atoms with Gasteiger partial charge in [0, 0.05) is 25.1 Å². The first-order valence-corrected chi connectivity index (χ1v) is 5.00. The Kier molecular flexibility index (Phi) is 2.31. The zero-order valence-corrected chi connectivity index (χ0v) is 8.86. The highest BCUT2D eigenvalue weighted by atomic mass is 16.2. The van der Waals surface area contributed by atoms with Crippen molar-refractivity contribution in [3.8, 4) is 0 Å². The molecule has 1 atom stereocenters. The van der Waals surface area contributed by atoms with E-state index in [9.17, 15) is 9.59 Å². The molecule has 0 fully saturated rings. The molecular weight excluding hydrogens is 190 g/mol. The molecule has 0 radical (unpaired) electrons. The van der Waals surface area contributed by atoms with Crippen molar-refractivity contribution in [3.05, 3.63) is 35.4 Å². The number of carbonyl (C=O) groups is 2. The first-order chi connectivity index (χ1) is 7.11. The first-order valence-electron chi connectivity index (χ1n) is 5.00. The van der Waals surface area contributed by atoms with Crippen LogP contribution in [0.1, 0.15) is 27.6 Å². The first kappa shape index (κ1) is 9.90. The molecule has 0 spiro atoms. The number of benzene rings is 1. The largest absolute Gasteiger partial charge is 0.341 e. The Bertz CT molecular complexity index is 386. The zero-order valence-electron chi connectivity index (χ0n) is 8.86. The standard InChI is InChI=1S/C12H13NO2/c1-8-7-13(2)12(15)10-6-4-3-5-9(10)11(8)14/h3-6,8H,7H2,1-2H3. The van der Waals surface area contributed by atoms with Gasteiger partial charge in [-0.3, -0.25) is 9.59 Å². The number of fused-ring (bicyclic) bond motifs is 1. The average molecular weight is 203 g/mol. The number of amides is 1. The summed E-state index contributed by atoms with van der Waals surface area (Å²) in [5.74, 6) is -0.130. The van der Waals surface area contributed by atoms with Crippen molar-refractivity contribution in [3.63, 3.8) is 0 Å². The van der Waals surface area contributed by atoms with Crippen molar-refractivity contribution >= 4 is 11.7 Å². The van der Waals surface area contributed by atoms with Crippen LogP contribution in [0.5, 0.6) is 0 Å². The lowest BCUT2D eigenvalue weighted by Crippen LogP contribution is -2.29. The molecular formula is C12H13NO2. The van der Waals surface area contributed by atoms with Crippen molar-refractivity contribution in [1.82, 2.24) is 4.90 Å². The Hall–Kier alpha value is -1.64. The zero-order chi connectivity index (χ0) is 11.0. The van der Waals surface area contributed by atoms with Crippen LogP contribution in [0.15, 0.2) is 24.3 Å². The predicted molar refractivity (Wildman–Crippen MR) is 56.9 cm³/mol. The summed E-state index contributed by atoms with van der Waals surface area (Å²) in [6.07, 6.45) is 0. The van der Waals surface area contributed by atoms with E-state index in [1.165, 1.54) is 0 Å². The maximum atomic E-state index is 11.9. The van der Waals surface area contributed by atoms with E-state index in [0.29, 0.717) is 17.7 Å². The Labute approximate surface area is 88.7 Å². The fourth-order valence-corrected chi connectivity index (χ4v) is 1.93. The summed E-state index contributed by atoms with van der Waals surface area (Å²) < 4.78 is 0. The summed E-state index contributed by atoms with van der Waals surface area (Å²) in [5.41, 5.74) is 1.08. The Morgan fingerprint density at radius 1 is 1.20 bits per heavy atom. The molecule has 1 unspecified atom stereocenters. The van der Waals surface area contributed by atoms with Gasteiger partial charge in [-0.05, 0) is 6.07 Å². The number of hydrogen-bond acceptors (Lipinski definition) is 2. The van der Waals surface area contributed by atoms with Gasteiger partial charge in [0.15, 0.2) is 5.78 Å². The maximum absolute atomic E-state index is 11.9. The van der Waals surface area contributed by atoms with E-state index in [1.807, 2.05) is 6.92 Å². The van der Waals surface area contributed by atoms with E-state index < -0.39 is 0 Å². The Morgan fingerprint density at radius 3 is 2.47 bits per heavy atom. The molecule has 1 aromatic rings. The molecule has 1 aliphatic heterocycles. The molecule has 0 bridgehead atoms. The van der Waals surface area contributed by atoms with Crippen LogP contribution in [0.4, 0.5) is 0 Å². The molecule has 3 heteroatoms. The minimum Gasteiger partial charge on any atom is -0.341 e. The highest BCUT2D eigenvalue weighted by molar-refractivity contribution is 6.10. The quantitative estimate of drug-likeness (QED) is 0.642. The molecule has 15 heavy (non-hydrogen) atoms. The molecule has 2 rings (SSSR count). The normalized spacial score (nSPS) is 21.2. The van der Waals surface area contributed by atoms with Crippen molar-refractivity contribution in [2.24, 2.45) is 5.92 Å². The monoisotopic (exact) mass is 203 g/mol. The number of nitrogens with zero attached hydrogens (tertiary/aromatic N) is 1. The van der Waals surface area contributed by atoms with Gasteiger partial charge in [0.05, 0.1) is 5.56 Å². The lowest BCUT2D eigenvalue weighted by molar-refractivity contribution is 0.0774. The highest BCUT2D eigenvalue weighted by Crippen LogP contribution is 2.20. The molecule has 0 saturated heterocycles. The number of hydrogen-bond donors (Lipinski definition) is 0. The van der Waals surface area contributed by atoms with Gasteiger partial charge >= 0.3 is 0 Å². The van der Waals surface area contributed by atoms with Gasteiger partial charge in [0.2, 0.25) is 0 Å². The van der Waals surface area contributed by atoms with E-state index in [1.54, 1.807) is 36.2 Å². The van der Waals surface area contributed by atoms with Crippen LogP contribution < -0.4 is 0 Å². The summed E-state index contributed by atoms with van der Waals surface area (Å²) >= 11 is 0. The summed E-state index contributed by atoms with van der Waals surface area (Å²) in [6, 6.07) is 7.02. The predicted octanol–water partition coefficient (Wildman–Crippen LogP) is 1.59. The van der Waals surface area contributed by atoms with Crippen molar-refractivity contribution < 1.29 is 9.59 Å². The van der Waals surface area contributed by atoms with Crippen LogP contribution in [0.25, 0.3) is 0 Å². The van der Waals surface area contributed by atoms with Gasteiger partial charge in [0.25, 0.3) is 5.91 Å². The molecule has 1 aromatic carbocycles. The summed E-state index contributed by atoms with van der Waals surface area (Å²) in [5, 5.41) is 0. The van der Waals surface area contributed by atoms with Crippen molar-refractivity contribution in [1.29, 1.82) is 0 Å². The van der Waals surface area contributed by atoms with Gasteiger partial charge in [-0.15, -0.1) is 0 Å². The van der Waals surface area contributed by atoms with Crippen molar-refractivity contribution in [2.45, 2.75) is 6.92 Å². The van der Waals surface area contributed by atoms with E-state index >= 15 is 0 Å². The molecule has 0 N–H and O–H groups in total. The third kappa shape index (κ3) is 1.54. The van der Waals surface area contributed by atoms with Crippen LogP contribution in [0.2, 0.25) is 0 Å². The summed E-state index contributed by atoms with van der Waals surface area (Å²) in [6.45, 7) is 2.35. The topological polar surface area (TPSA) is 37.4 Å². The van der Waals surface area contributed by atoms with Crippen LogP contribution >= 0.6 is 0 Å². The average Bonchev–Trinajstić information content (AvgIpc) is 2.33. The van der Waals surface area contributed by atoms with Crippen LogP contribution in [0, 0.1) is 5.92 Å². The second-order valence-corrected chi connectivity index (χ2v) is 4.00. The molecule has 3 nitrogen and oxygen atoms in total. The summed E-state index contributed by atoms with van der Waals surface area (Å²) in [4.78, 5) is 25.5. The summed E-state index contributed by atoms with van der Waals surface area (Å²) in [7, 11) is 1.73. The molecule has 0 aromatic heterocycles. The van der Waals surface area contributed by atoms with Gasteiger partial charge in [0.1, 0.15) is 0 Å². The molecule has 1 amide bonds. The second kappa shape index (κ2) is 3.50. The van der Waals surface area contributed by atoms with Crippen LogP contribution in [0.3, 0.4) is 0 Å². The lowest BCUT2D eigenvalue weighted by Gasteiger charge is -2.16. The lowest BCUT2D eigenvalue weighted by atomic mass is 9.97. The minimum absolute atomic E-state index is 0.0586. The van der Waals surface area contributed by atoms with E-state index in [0.717, 1.165) is 0 Å². The van der Waals surface area contributed by atoms with Gasteiger partial charge in [-0.25, -0.2) is 0 Å². The smallest absolute Gasteiger partial charge is 0.254 e. The molecule has 0 saturated carbocycles. The van der Waals surface area contributed by atoms with E-state index in [2.05, 4.69) is 0 Å². The Balaban J connectivity index is 2.59. The minimum atomic E-state index is -0.123. The van der Waals surface area contributed by atoms with Crippen LogP contribution in [-0.2, 0) is 0 Å². The Morgan fingerprint density at radius 2 is 1.80 bits per heavy atom. The van der Waals surface area contributed by atoms with Gasteiger partial charge in [-0.2, -0.15) is 0 Å². The third-order valence-electron chi connectivity index (χ3n) is 2.76. The molecule has 1 aliphatic rings. The van der Waals surface area contributed by atoms with Crippen molar-refractivity contribution in [2.75, 3.05) is 13.6 Å². The maximum Gasteiger partial charge on any atom is 0.254 e. The fourth-order valence-electron chi connectivity index (χ4n) is 1.93. The number of ketones is 1. The number of carbonyl (C=O) groups excluding carboxylic acids is 2. The van der Waals surface area contributed by atoms with E-state index in [4.69, 9.17) is 0 Å². The fraction of sp³-hybridized carbons (Fsp3) is 0.333. The number of Topliss-reactive ketones (excluding diaryl/α,β-unsaturated/α-hetero) is 1. The second-order valence-electron chi connectivity index (χ2n) is 4.00. The molecule has 0 aliphatic carbocycles. The third-order valence-corrected chi connectivity index (χ3v) is 2.76. The van der Waals surface area contributed by atoms with Gasteiger partial charge < -0.3 is 4.90 Å². The van der Waals surface area contributed by atoms with Crippen LogP contribution in [-0.4, -0.2) is 30.2 Å². The highest BCUT2D eigenvalue weighted by Gasteiger charge is 2.28. The molecule has 78 valence electrons. The molecule has 1 heterocycles. The van der Waals surface area contributed by atoms with E-state index in [-0.39, 0.29) is 17.6 Å². The number of rotatable bonds is 0. The van der Waals surface area contributed by atoms with Gasteiger partial charge in [-0.1, -0.05) is 25.1 Å².